The van der Waals surface area contributed by atoms with E-state index in [-0.39, 0.29) is 0 Å². The number of nitrogens with zero attached hydrogens (tertiary/aromatic N) is 3. The van der Waals surface area contributed by atoms with Gasteiger partial charge in [0, 0.05) is 35.6 Å². The molecule has 0 spiro atoms. The van der Waals surface area contributed by atoms with Gasteiger partial charge >= 0.3 is 0 Å². The van der Waals surface area contributed by atoms with Crippen molar-refractivity contribution in [3.8, 4) is 0 Å². The van der Waals surface area contributed by atoms with Gasteiger partial charge in [0.2, 0.25) is 0 Å². The summed E-state index contributed by atoms with van der Waals surface area (Å²) in [5.74, 6) is 0. The number of hydrogen-bond acceptors (Lipinski definition) is 2. The van der Waals surface area contributed by atoms with Crippen molar-refractivity contribution in [1.82, 2.24) is 4.40 Å². The Morgan fingerprint density at radius 2 is 1.76 bits per heavy atom. The highest BCUT2D eigenvalue weighted by atomic mass is 16.5. The fraction of sp³-hybridized carbons (Fsp3) is 0.240. The lowest BCUT2D eigenvalue weighted by Crippen LogP contribution is -2.36. The molecule has 0 saturated carbocycles. The van der Waals surface area contributed by atoms with Gasteiger partial charge in [-0.2, -0.15) is 8.80 Å². The van der Waals surface area contributed by atoms with Gasteiger partial charge in [-0.05, 0) is 60.5 Å². The van der Waals surface area contributed by atoms with E-state index in [1.165, 1.54) is 44.2 Å². The highest BCUT2D eigenvalue weighted by Crippen LogP contribution is 2.26. The monoisotopic (exact) mass is 382 g/mol. The van der Waals surface area contributed by atoms with Crippen molar-refractivity contribution in [2.24, 2.45) is 0 Å². The van der Waals surface area contributed by atoms with Crippen molar-refractivity contribution in [2.75, 3.05) is 31.2 Å². The molecular formula is C25H24N3O+. The van der Waals surface area contributed by atoms with Crippen LogP contribution in [-0.2, 0) is 11.2 Å². The van der Waals surface area contributed by atoms with Crippen LogP contribution < -0.4 is 9.30 Å². The number of pyridine rings is 2. The number of aryl methyl sites for hydroxylation is 1. The highest BCUT2D eigenvalue weighted by Gasteiger charge is 2.18. The maximum Gasteiger partial charge on any atom is 0.292 e. The minimum Gasteiger partial charge on any atom is -0.378 e. The van der Waals surface area contributed by atoms with Gasteiger partial charge in [-0.1, -0.05) is 13.0 Å². The number of benzene rings is 2. The van der Waals surface area contributed by atoms with Gasteiger partial charge in [0.15, 0.2) is 5.52 Å². The molecule has 29 heavy (non-hydrogen) atoms. The molecule has 4 nitrogen and oxygen atoms in total. The summed E-state index contributed by atoms with van der Waals surface area (Å²) >= 11 is 0. The predicted molar refractivity (Wildman–Crippen MR) is 118 cm³/mol. The van der Waals surface area contributed by atoms with Crippen molar-refractivity contribution in [3.05, 3.63) is 72.4 Å². The first-order valence-electron chi connectivity index (χ1n) is 10.5. The summed E-state index contributed by atoms with van der Waals surface area (Å²) in [6.45, 7) is 5.74. The number of imidazole rings is 1. The Morgan fingerprint density at radius 3 is 2.62 bits per heavy atom. The van der Waals surface area contributed by atoms with Gasteiger partial charge in [0.1, 0.15) is 17.2 Å². The summed E-state index contributed by atoms with van der Waals surface area (Å²) in [4.78, 5) is 2.41. The van der Waals surface area contributed by atoms with Crippen LogP contribution >= 0.6 is 0 Å². The summed E-state index contributed by atoms with van der Waals surface area (Å²) in [5, 5.41) is 2.55. The summed E-state index contributed by atoms with van der Waals surface area (Å²) in [7, 11) is 0. The normalized spacial score (nSPS) is 15.1. The SMILES string of the molecule is CCc1ccc2c(ccc3n4c(ccc5cc(N6CCOCC6)ccc54)c[n+]23)c1. The van der Waals surface area contributed by atoms with Crippen LogP contribution in [-0.4, -0.2) is 30.7 Å². The van der Waals surface area contributed by atoms with Crippen molar-refractivity contribution < 1.29 is 9.14 Å². The van der Waals surface area contributed by atoms with Crippen molar-refractivity contribution in [1.29, 1.82) is 0 Å². The molecule has 3 aromatic heterocycles. The molecule has 4 heteroatoms. The Morgan fingerprint density at radius 1 is 0.897 bits per heavy atom. The molecule has 0 radical (unpaired) electrons. The maximum absolute atomic E-state index is 5.51. The predicted octanol–water partition coefficient (Wildman–Crippen LogP) is 4.38. The van der Waals surface area contributed by atoms with Crippen LogP contribution in [0.15, 0.2) is 66.9 Å². The molecule has 0 N–H and O–H groups in total. The molecular weight excluding hydrogens is 358 g/mol. The van der Waals surface area contributed by atoms with E-state index >= 15 is 0 Å². The molecule has 1 aliphatic heterocycles. The van der Waals surface area contributed by atoms with Gasteiger partial charge in [-0.25, -0.2) is 0 Å². The van der Waals surface area contributed by atoms with Crippen molar-refractivity contribution >= 4 is 38.7 Å². The molecule has 0 bridgehead atoms. The van der Waals surface area contributed by atoms with E-state index in [9.17, 15) is 0 Å². The van der Waals surface area contributed by atoms with Crippen molar-refractivity contribution in [3.63, 3.8) is 0 Å². The highest BCUT2D eigenvalue weighted by molar-refractivity contribution is 5.88. The fourth-order valence-corrected chi connectivity index (χ4v) is 4.64. The molecule has 6 rings (SSSR count). The second-order valence-corrected chi connectivity index (χ2v) is 7.87. The molecule has 4 heterocycles. The van der Waals surface area contributed by atoms with Gasteiger partial charge < -0.3 is 9.64 Å². The zero-order valence-electron chi connectivity index (χ0n) is 16.6. The Hall–Kier alpha value is -3.11. The van der Waals surface area contributed by atoms with Gasteiger partial charge in [0.25, 0.3) is 5.65 Å². The molecule has 1 fully saturated rings. The number of anilines is 1. The lowest BCUT2D eigenvalue weighted by atomic mass is 10.1. The number of ether oxygens (including phenoxy) is 1. The third-order valence-corrected chi connectivity index (χ3v) is 6.23. The van der Waals surface area contributed by atoms with Gasteiger partial charge in [0.05, 0.1) is 13.2 Å². The smallest absolute Gasteiger partial charge is 0.292 e. The molecule has 144 valence electrons. The zero-order valence-corrected chi connectivity index (χ0v) is 16.6. The first-order chi connectivity index (χ1) is 14.3. The summed E-state index contributed by atoms with van der Waals surface area (Å²) in [6.07, 6.45) is 3.31. The maximum atomic E-state index is 5.51. The van der Waals surface area contributed by atoms with E-state index in [0.717, 1.165) is 32.7 Å². The van der Waals surface area contributed by atoms with E-state index in [1.807, 2.05) is 0 Å². The molecule has 0 atom stereocenters. The van der Waals surface area contributed by atoms with E-state index in [0.29, 0.717) is 0 Å². The molecule has 1 saturated heterocycles. The van der Waals surface area contributed by atoms with E-state index < -0.39 is 0 Å². The molecule has 5 aromatic rings. The Labute approximate surface area is 169 Å². The Balaban J connectivity index is 1.58. The van der Waals surface area contributed by atoms with Gasteiger partial charge in [-0.15, -0.1) is 0 Å². The topological polar surface area (TPSA) is 21.0 Å². The third kappa shape index (κ3) is 2.60. The van der Waals surface area contributed by atoms with E-state index in [4.69, 9.17) is 4.74 Å². The van der Waals surface area contributed by atoms with Crippen LogP contribution in [0, 0.1) is 0 Å². The van der Waals surface area contributed by atoms with Crippen LogP contribution in [0.3, 0.4) is 0 Å². The number of aromatic nitrogens is 2. The standard InChI is InChI=1S/C25H24N3O/c1-2-18-3-8-23-19(15-18)5-10-25-27(23)17-22-6-4-20-16-21(7-9-24(20)28(22)25)26-11-13-29-14-12-26/h3-10,15-17H,2,11-14H2,1H3/q+1. The number of hydrogen-bond donors (Lipinski definition) is 0. The van der Waals surface area contributed by atoms with Crippen LogP contribution in [0.5, 0.6) is 0 Å². The second kappa shape index (κ2) is 6.46. The lowest BCUT2D eigenvalue weighted by molar-refractivity contribution is -0.479. The third-order valence-electron chi connectivity index (χ3n) is 6.23. The summed E-state index contributed by atoms with van der Waals surface area (Å²) in [5.41, 5.74) is 7.56. The number of morpholine rings is 1. The van der Waals surface area contributed by atoms with Gasteiger partial charge in [-0.3, -0.25) is 0 Å². The Bertz CT molecular complexity index is 1380. The largest absolute Gasteiger partial charge is 0.378 e. The summed E-state index contributed by atoms with van der Waals surface area (Å²) < 4.78 is 10.2. The molecule has 0 amide bonds. The minimum atomic E-state index is 0.808. The molecule has 1 aliphatic rings. The first-order valence-corrected chi connectivity index (χ1v) is 10.5. The van der Waals surface area contributed by atoms with E-state index in [1.54, 1.807) is 0 Å². The molecule has 0 aliphatic carbocycles. The minimum absolute atomic E-state index is 0.808. The van der Waals surface area contributed by atoms with Crippen LogP contribution in [0.25, 0.3) is 33.0 Å². The fourth-order valence-electron chi connectivity index (χ4n) is 4.64. The first kappa shape index (κ1) is 16.8. The van der Waals surface area contributed by atoms with E-state index in [2.05, 4.69) is 87.5 Å². The van der Waals surface area contributed by atoms with Crippen LogP contribution in [0.1, 0.15) is 12.5 Å². The molecule has 0 unspecified atom stereocenters. The zero-order chi connectivity index (χ0) is 19.4. The Kier molecular flexibility index (Phi) is 3.74. The average Bonchev–Trinajstić information content (AvgIpc) is 3.18. The number of fused-ring (bicyclic) bond motifs is 7. The van der Waals surface area contributed by atoms with Crippen LogP contribution in [0.2, 0.25) is 0 Å². The quantitative estimate of drug-likeness (QED) is 0.423. The lowest BCUT2D eigenvalue weighted by Gasteiger charge is -2.28. The van der Waals surface area contributed by atoms with Crippen molar-refractivity contribution in [2.45, 2.75) is 13.3 Å². The van der Waals surface area contributed by atoms with Crippen LogP contribution in [0.4, 0.5) is 5.69 Å². The average molecular weight is 382 g/mol. The summed E-state index contributed by atoms with van der Waals surface area (Å²) in [6, 6.07) is 22.6. The molecule has 2 aromatic carbocycles. The second-order valence-electron chi connectivity index (χ2n) is 7.87. The number of rotatable bonds is 2.